The molecule has 4 aromatic heterocycles. The Morgan fingerprint density at radius 1 is 1.09 bits per heavy atom. The van der Waals surface area contributed by atoms with Crippen LogP contribution in [0.2, 0.25) is 0 Å². The SMILES string of the molecule is CC(C)n1ccnc1CNC(=O)c1nc(-c2ccc3ncccc3c2)c(-c2ncco2)nc1N. The Kier molecular flexibility index (Phi) is 5.46. The fraction of sp³-hybridized carbons (Fsp3) is 0.167. The Morgan fingerprint density at radius 3 is 2.76 bits per heavy atom. The number of nitrogens with one attached hydrogen (secondary N) is 1. The van der Waals surface area contributed by atoms with E-state index in [-0.39, 0.29) is 30.0 Å². The Balaban J connectivity index is 1.54. The maximum Gasteiger partial charge on any atom is 0.274 e. The van der Waals surface area contributed by atoms with Gasteiger partial charge < -0.3 is 20.0 Å². The number of imidazole rings is 1. The van der Waals surface area contributed by atoms with Crippen molar-refractivity contribution in [3.63, 3.8) is 0 Å². The van der Waals surface area contributed by atoms with Crippen LogP contribution in [0.15, 0.2) is 65.8 Å². The van der Waals surface area contributed by atoms with E-state index < -0.39 is 5.91 Å². The second kappa shape index (κ2) is 8.74. The average molecular weight is 454 g/mol. The Morgan fingerprint density at radius 2 is 1.97 bits per heavy atom. The first-order valence-corrected chi connectivity index (χ1v) is 10.7. The third-order valence-electron chi connectivity index (χ3n) is 5.36. The number of oxazole rings is 1. The zero-order valence-corrected chi connectivity index (χ0v) is 18.6. The van der Waals surface area contributed by atoms with Gasteiger partial charge in [-0.25, -0.2) is 19.9 Å². The number of nitrogens with zero attached hydrogens (tertiary/aromatic N) is 6. The number of rotatable bonds is 6. The summed E-state index contributed by atoms with van der Waals surface area (Å²) in [6, 6.07) is 9.70. The Hall–Kier alpha value is -4.60. The molecule has 0 atom stereocenters. The summed E-state index contributed by atoms with van der Waals surface area (Å²) in [5, 5.41) is 3.77. The molecule has 170 valence electrons. The fourth-order valence-electron chi connectivity index (χ4n) is 3.72. The number of nitrogen functional groups attached to an aromatic ring is 1. The van der Waals surface area contributed by atoms with Crippen molar-refractivity contribution >= 4 is 22.6 Å². The van der Waals surface area contributed by atoms with Gasteiger partial charge in [-0.1, -0.05) is 12.1 Å². The normalized spacial score (nSPS) is 11.3. The van der Waals surface area contributed by atoms with Crippen LogP contribution >= 0.6 is 0 Å². The zero-order valence-electron chi connectivity index (χ0n) is 18.6. The van der Waals surface area contributed by atoms with Gasteiger partial charge in [0.1, 0.15) is 17.8 Å². The molecule has 1 amide bonds. The average Bonchev–Trinajstić information content (AvgIpc) is 3.54. The highest BCUT2D eigenvalue weighted by Gasteiger charge is 2.22. The third kappa shape index (κ3) is 3.96. The molecule has 0 bridgehead atoms. The van der Waals surface area contributed by atoms with Crippen molar-refractivity contribution in [2.75, 3.05) is 5.73 Å². The number of amides is 1. The highest BCUT2D eigenvalue weighted by Crippen LogP contribution is 2.31. The number of benzene rings is 1. The van der Waals surface area contributed by atoms with Crippen molar-refractivity contribution in [2.24, 2.45) is 0 Å². The van der Waals surface area contributed by atoms with E-state index in [4.69, 9.17) is 10.2 Å². The van der Waals surface area contributed by atoms with Crippen molar-refractivity contribution in [1.82, 2.24) is 34.8 Å². The summed E-state index contributed by atoms with van der Waals surface area (Å²) in [6.07, 6.45) is 8.26. The minimum Gasteiger partial charge on any atom is -0.443 e. The van der Waals surface area contributed by atoms with Gasteiger partial charge in [0.05, 0.1) is 18.3 Å². The maximum absolute atomic E-state index is 13.1. The minimum atomic E-state index is -0.453. The molecule has 0 aliphatic heterocycles. The van der Waals surface area contributed by atoms with Crippen LogP contribution in [0.1, 0.15) is 36.2 Å². The summed E-state index contributed by atoms with van der Waals surface area (Å²) < 4.78 is 7.45. The number of anilines is 1. The van der Waals surface area contributed by atoms with Gasteiger partial charge in [-0.3, -0.25) is 9.78 Å². The summed E-state index contributed by atoms with van der Waals surface area (Å²) in [7, 11) is 0. The van der Waals surface area contributed by atoms with Gasteiger partial charge in [0.2, 0.25) is 5.89 Å². The first-order chi connectivity index (χ1) is 16.5. The van der Waals surface area contributed by atoms with Crippen LogP contribution in [-0.4, -0.2) is 35.4 Å². The van der Waals surface area contributed by atoms with Crippen LogP contribution < -0.4 is 11.1 Å². The summed E-state index contributed by atoms with van der Waals surface area (Å²) >= 11 is 0. The molecule has 0 spiro atoms. The molecule has 5 rings (SSSR count). The Bertz CT molecular complexity index is 1470. The second-order valence-corrected chi connectivity index (χ2v) is 7.93. The van der Waals surface area contributed by atoms with Crippen LogP contribution in [0, 0.1) is 0 Å². The molecule has 1 aromatic carbocycles. The molecule has 34 heavy (non-hydrogen) atoms. The van der Waals surface area contributed by atoms with Crippen molar-refractivity contribution in [1.29, 1.82) is 0 Å². The van der Waals surface area contributed by atoms with Gasteiger partial charge in [0.15, 0.2) is 17.2 Å². The third-order valence-corrected chi connectivity index (χ3v) is 5.36. The molecule has 0 aliphatic carbocycles. The smallest absolute Gasteiger partial charge is 0.274 e. The quantitative estimate of drug-likeness (QED) is 0.397. The molecule has 5 aromatic rings. The molecular weight excluding hydrogens is 432 g/mol. The predicted octanol–water partition coefficient (Wildman–Crippen LogP) is 3.64. The summed E-state index contributed by atoms with van der Waals surface area (Å²) in [5.41, 5.74) is 8.51. The van der Waals surface area contributed by atoms with Crippen molar-refractivity contribution < 1.29 is 9.21 Å². The van der Waals surface area contributed by atoms with Crippen LogP contribution in [-0.2, 0) is 6.54 Å². The van der Waals surface area contributed by atoms with Crippen LogP contribution in [0.3, 0.4) is 0 Å². The van der Waals surface area contributed by atoms with E-state index in [0.717, 1.165) is 22.3 Å². The van der Waals surface area contributed by atoms with Crippen LogP contribution in [0.5, 0.6) is 0 Å². The highest BCUT2D eigenvalue weighted by atomic mass is 16.3. The minimum absolute atomic E-state index is 0.0132. The van der Waals surface area contributed by atoms with E-state index in [1.165, 1.54) is 12.5 Å². The number of aromatic nitrogens is 6. The number of hydrogen-bond acceptors (Lipinski definition) is 8. The molecule has 0 saturated heterocycles. The van der Waals surface area contributed by atoms with Gasteiger partial charge in [0.25, 0.3) is 5.91 Å². The molecule has 0 unspecified atom stereocenters. The molecule has 0 saturated carbocycles. The monoisotopic (exact) mass is 454 g/mol. The summed E-state index contributed by atoms with van der Waals surface area (Å²) in [4.78, 5) is 35.0. The molecule has 0 fully saturated rings. The van der Waals surface area contributed by atoms with Crippen molar-refractivity contribution in [3.05, 3.63) is 72.9 Å². The largest absolute Gasteiger partial charge is 0.443 e. The lowest BCUT2D eigenvalue weighted by Crippen LogP contribution is -2.27. The van der Waals surface area contributed by atoms with Gasteiger partial charge in [0, 0.05) is 35.6 Å². The Labute approximate surface area is 194 Å². The van der Waals surface area contributed by atoms with E-state index >= 15 is 0 Å². The molecular formula is C24H22N8O2. The maximum atomic E-state index is 13.1. The number of carbonyl (C=O) groups excluding carboxylic acids is 1. The van der Waals surface area contributed by atoms with Crippen molar-refractivity contribution in [2.45, 2.75) is 26.4 Å². The number of carbonyl (C=O) groups is 1. The second-order valence-electron chi connectivity index (χ2n) is 7.93. The lowest BCUT2D eigenvalue weighted by molar-refractivity contribution is 0.0945. The topological polar surface area (TPSA) is 138 Å². The summed E-state index contributed by atoms with van der Waals surface area (Å²) in [6.45, 7) is 4.32. The lowest BCUT2D eigenvalue weighted by Gasteiger charge is -2.13. The van der Waals surface area contributed by atoms with E-state index in [1.54, 1.807) is 12.4 Å². The van der Waals surface area contributed by atoms with Crippen LogP contribution in [0.25, 0.3) is 33.7 Å². The molecule has 0 aliphatic rings. The van der Waals surface area contributed by atoms with E-state index in [0.29, 0.717) is 11.4 Å². The van der Waals surface area contributed by atoms with Gasteiger partial charge in [-0.15, -0.1) is 0 Å². The fourth-order valence-corrected chi connectivity index (χ4v) is 3.72. The van der Waals surface area contributed by atoms with Gasteiger partial charge in [-0.05, 0) is 32.0 Å². The zero-order chi connectivity index (χ0) is 23.7. The van der Waals surface area contributed by atoms with Gasteiger partial charge in [-0.2, -0.15) is 0 Å². The first-order valence-electron chi connectivity index (χ1n) is 10.7. The highest BCUT2D eigenvalue weighted by molar-refractivity contribution is 5.98. The number of pyridine rings is 1. The molecule has 10 nitrogen and oxygen atoms in total. The standard InChI is InChI=1S/C24H22N8O2/c1-14(2)32-10-8-27-18(32)13-29-23(33)21-22(25)31-20(24-28-9-11-34-24)19(30-21)16-5-6-17-15(12-16)4-3-7-26-17/h3-12,14H,13H2,1-2H3,(H2,25,31)(H,29,33). The molecule has 4 heterocycles. The van der Waals surface area contributed by atoms with Gasteiger partial charge >= 0.3 is 0 Å². The first kappa shape index (κ1) is 21.3. The molecule has 10 heteroatoms. The molecule has 3 N–H and O–H groups in total. The lowest BCUT2D eigenvalue weighted by atomic mass is 10.1. The van der Waals surface area contributed by atoms with Crippen molar-refractivity contribution in [3.8, 4) is 22.8 Å². The van der Waals surface area contributed by atoms with E-state index in [1.807, 2.05) is 54.9 Å². The van der Waals surface area contributed by atoms with E-state index in [9.17, 15) is 4.79 Å². The van der Waals surface area contributed by atoms with Crippen LogP contribution in [0.4, 0.5) is 5.82 Å². The number of hydrogen-bond donors (Lipinski definition) is 2. The summed E-state index contributed by atoms with van der Waals surface area (Å²) in [5.74, 6) is 0.509. The predicted molar refractivity (Wildman–Crippen MR) is 126 cm³/mol. The molecule has 0 radical (unpaired) electrons. The van der Waals surface area contributed by atoms with E-state index in [2.05, 4.69) is 30.2 Å². The number of nitrogens with two attached hydrogens (primary N) is 1. The number of fused-ring (bicyclic) bond motifs is 1.